The lowest BCUT2D eigenvalue weighted by Crippen LogP contribution is -2.36. The topological polar surface area (TPSA) is 75.3 Å². The minimum absolute atomic E-state index is 0.0185. The average Bonchev–Trinajstić information content (AvgIpc) is 2.53. The molecule has 0 spiro atoms. The van der Waals surface area contributed by atoms with Crippen molar-refractivity contribution < 1.29 is 13.2 Å². The second kappa shape index (κ2) is 8.87. The highest BCUT2D eigenvalue weighted by Crippen LogP contribution is 2.10. The number of hydrogen-bond acceptors (Lipinski definition) is 3. The van der Waals surface area contributed by atoms with Crippen molar-refractivity contribution in [3.05, 3.63) is 70.2 Å². The number of hydrogen-bond donors (Lipinski definition) is 2. The third-order valence-electron chi connectivity index (χ3n) is 3.49. The highest BCUT2D eigenvalue weighted by Gasteiger charge is 2.05. The molecule has 2 amide bonds. The fourth-order valence-corrected chi connectivity index (χ4v) is 3.32. The third kappa shape index (κ3) is 7.58. The van der Waals surface area contributed by atoms with Crippen LogP contribution in [0.15, 0.2) is 48.5 Å². The highest BCUT2D eigenvalue weighted by molar-refractivity contribution is 7.89. The van der Waals surface area contributed by atoms with Gasteiger partial charge in [-0.15, -0.1) is 0 Å². The monoisotopic (exact) mass is 380 g/mol. The van der Waals surface area contributed by atoms with Crippen LogP contribution in [0.2, 0.25) is 5.02 Å². The molecule has 0 aliphatic heterocycles. The molecule has 2 aromatic rings. The first-order valence-corrected chi connectivity index (χ1v) is 10.3. The Balaban J connectivity index is 1.72. The van der Waals surface area contributed by atoms with E-state index in [9.17, 15) is 13.2 Å². The van der Waals surface area contributed by atoms with Crippen molar-refractivity contribution in [1.29, 1.82) is 0 Å². The van der Waals surface area contributed by atoms with Crippen LogP contribution in [-0.2, 0) is 28.6 Å². The van der Waals surface area contributed by atoms with Gasteiger partial charge < -0.3 is 10.6 Å². The Kier molecular flexibility index (Phi) is 6.84. The van der Waals surface area contributed by atoms with Crippen molar-refractivity contribution in [3.63, 3.8) is 0 Å². The molecule has 0 aromatic heterocycles. The maximum Gasteiger partial charge on any atom is 0.315 e. The summed E-state index contributed by atoms with van der Waals surface area (Å²) in [6.07, 6.45) is 1.91. The van der Waals surface area contributed by atoms with E-state index in [-0.39, 0.29) is 11.8 Å². The van der Waals surface area contributed by atoms with Crippen molar-refractivity contribution in [2.24, 2.45) is 0 Å². The van der Waals surface area contributed by atoms with Gasteiger partial charge in [0, 0.05) is 24.4 Å². The molecule has 0 atom stereocenters. The van der Waals surface area contributed by atoms with E-state index < -0.39 is 9.84 Å². The molecular formula is C18H21ClN2O3S. The quantitative estimate of drug-likeness (QED) is 0.775. The van der Waals surface area contributed by atoms with Crippen LogP contribution in [0.4, 0.5) is 4.79 Å². The summed E-state index contributed by atoms with van der Waals surface area (Å²) in [5.41, 5.74) is 2.70. The Labute approximate surface area is 153 Å². The number of urea groups is 1. The zero-order chi connectivity index (χ0) is 18.3. The molecule has 134 valence electrons. The maximum absolute atomic E-state index is 11.8. The van der Waals surface area contributed by atoms with Crippen LogP contribution >= 0.6 is 11.6 Å². The van der Waals surface area contributed by atoms with E-state index >= 15 is 0 Å². The molecular weight excluding hydrogens is 360 g/mol. The van der Waals surface area contributed by atoms with Gasteiger partial charge in [-0.2, -0.15) is 0 Å². The standard InChI is InChI=1S/C18H21ClN2O3S/c1-25(23,24)13-16-7-5-15(6-8-16)12-21-18(22)20-10-9-14-3-2-4-17(19)11-14/h2-8,11H,9-10,12-13H2,1H3,(H2,20,21,22). The maximum atomic E-state index is 11.8. The number of nitrogens with one attached hydrogen (secondary N) is 2. The first kappa shape index (κ1) is 19.3. The largest absolute Gasteiger partial charge is 0.338 e. The van der Waals surface area contributed by atoms with Gasteiger partial charge in [-0.25, -0.2) is 13.2 Å². The second-order valence-corrected chi connectivity index (χ2v) is 8.45. The van der Waals surface area contributed by atoms with Crippen molar-refractivity contribution in [2.45, 2.75) is 18.7 Å². The van der Waals surface area contributed by atoms with E-state index in [2.05, 4.69) is 10.6 Å². The van der Waals surface area contributed by atoms with Crippen LogP contribution in [0.5, 0.6) is 0 Å². The van der Waals surface area contributed by atoms with Gasteiger partial charge in [-0.05, 0) is 35.2 Å². The van der Waals surface area contributed by atoms with Crippen LogP contribution in [0.1, 0.15) is 16.7 Å². The lowest BCUT2D eigenvalue weighted by atomic mass is 10.1. The number of carbonyl (C=O) groups excluding carboxylic acids is 1. The van der Waals surface area contributed by atoms with Crippen molar-refractivity contribution in [3.8, 4) is 0 Å². The van der Waals surface area contributed by atoms with Crippen LogP contribution < -0.4 is 10.6 Å². The van der Waals surface area contributed by atoms with E-state index in [1.165, 1.54) is 6.26 Å². The zero-order valence-electron chi connectivity index (χ0n) is 14.0. The molecule has 0 bridgehead atoms. The van der Waals surface area contributed by atoms with E-state index in [0.29, 0.717) is 24.5 Å². The molecule has 0 fully saturated rings. The van der Waals surface area contributed by atoms with Crippen LogP contribution in [0.25, 0.3) is 0 Å². The highest BCUT2D eigenvalue weighted by atomic mass is 35.5. The predicted molar refractivity (Wildman–Crippen MR) is 100 cm³/mol. The predicted octanol–water partition coefficient (Wildman–Crippen LogP) is 2.93. The summed E-state index contributed by atoms with van der Waals surface area (Å²) >= 11 is 5.92. The molecule has 2 N–H and O–H groups in total. The second-order valence-electron chi connectivity index (χ2n) is 5.88. The van der Waals surface area contributed by atoms with Gasteiger partial charge in [-0.1, -0.05) is 48.0 Å². The Bertz CT molecular complexity index is 820. The number of amides is 2. The van der Waals surface area contributed by atoms with E-state index in [1.807, 2.05) is 36.4 Å². The molecule has 25 heavy (non-hydrogen) atoms. The Hall–Kier alpha value is -2.05. The number of sulfone groups is 1. The first-order chi connectivity index (χ1) is 11.8. The van der Waals surface area contributed by atoms with E-state index in [0.717, 1.165) is 16.7 Å². The van der Waals surface area contributed by atoms with Gasteiger partial charge in [0.2, 0.25) is 0 Å². The lowest BCUT2D eigenvalue weighted by molar-refractivity contribution is 0.240. The molecule has 0 radical (unpaired) electrons. The molecule has 0 aliphatic carbocycles. The zero-order valence-corrected chi connectivity index (χ0v) is 15.5. The molecule has 0 aliphatic rings. The summed E-state index contributed by atoms with van der Waals surface area (Å²) < 4.78 is 22.5. The Morgan fingerprint density at radius 2 is 1.68 bits per heavy atom. The lowest BCUT2D eigenvalue weighted by Gasteiger charge is -2.08. The molecule has 2 aromatic carbocycles. The van der Waals surface area contributed by atoms with E-state index in [4.69, 9.17) is 11.6 Å². The fourth-order valence-electron chi connectivity index (χ4n) is 2.31. The van der Waals surface area contributed by atoms with Crippen molar-refractivity contribution in [2.75, 3.05) is 12.8 Å². The SMILES string of the molecule is CS(=O)(=O)Cc1ccc(CNC(=O)NCCc2cccc(Cl)c2)cc1. The van der Waals surface area contributed by atoms with Gasteiger partial charge in [0.05, 0.1) is 5.75 Å². The Morgan fingerprint density at radius 1 is 1.00 bits per heavy atom. The van der Waals surface area contributed by atoms with Gasteiger partial charge in [0.25, 0.3) is 0 Å². The van der Waals surface area contributed by atoms with Crippen LogP contribution in [0, 0.1) is 0 Å². The molecule has 5 nitrogen and oxygen atoms in total. The Morgan fingerprint density at radius 3 is 2.32 bits per heavy atom. The molecule has 0 heterocycles. The molecule has 0 saturated carbocycles. The normalized spacial score (nSPS) is 11.1. The molecule has 7 heteroatoms. The summed E-state index contributed by atoms with van der Waals surface area (Å²) in [6, 6.07) is 14.4. The van der Waals surface area contributed by atoms with Crippen LogP contribution in [0.3, 0.4) is 0 Å². The number of rotatable bonds is 7. The summed E-state index contributed by atoms with van der Waals surface area (Å²) in [4.78, 5) is 11.8. The van der Waals surface area contributed by atoms with Crippen molar-refractivity contribution in [1.82, 2.24) is 10.6 Å². The number of carbonyl (C=O) groups is 1. The first-order valence-electron chi connectivity index (χ1n) is 7.83. The van der Waals surface area contributed by atoms with Gasteiger partial charge in [0.1, 0.15) is 0 Å². The van der Waals surface area contributed by atoms with Crippen LogP contribution in [-0.4, -0.2) is 27.2 Å². The number of halogens is 1. The minimum atomic E-state index is -3.04. The molecule has 2 rings (SSSR count). The summed E-state index contributed by atoms with van der Waals surface area (Å²) in [6.45, 7) is 0.891. The summed E-state index contributed by atoms with van der Waals surface area (Å²) in [5, 5.41) is 6.24. The fraction of sp³-hybridized carbons (Fsp3) is 0.278. The molecule has 0 unspecified atom stereocenters. The van der Waals surface area contributed by atoms with Crippen molar-refractivity contribution >= 4 is 27.5 Å². The van der Waals surface area contributed by atoms with Gasteiger partial charge in [-0.3, -0.25) is 0 Å². The van der Waals surface area contributed by atoms with Gasteiger partial charge in [0.15, 0.2) is 9.84 Å². The van der Waals surface area contributed by atoms with E-state index in [1.54, 1.807) is 12.1 Å². The van der Waals surface area contributed by atoms with Gasteiger partial charge >= 0.3 is 6.03 Å². The molecule has 0 saturated heterocycles. The third-order valence-corrected chi connectivity index (χ3v) is 4.59. The summed E-state index contributed by atoms with van der Waals surface area (Å²) in [7, 11) is -3.04. The average molecular weight is 381 g/mol. The minimum Gasteiger partial charge on any atom is -0.338 e. The smallest absolute Gasteiger partial charge is 0.315 e. The summed E-state index contributed by atoms with van der Waals surface area (Å²) in [5.74, 6) is 0.0185. The number of benzene rings is 2.